The molecule has 1 aromatic heterocycles. The van der Waals surface area contributed by atoms with Crippen LogP contribution in [0.4, 0.5) is 0 Å². The Balaban J connectivity index is 1.36. The van der Waals surface area contributed by atoms with Gasteiger partial charge in [-0.25, -0.2) is 0 Å². The number of ether oxygens (including phenoxy) is 2. The number of methoxy groups -OCH3 is 1. The maximum atomic E-state index is 6.52. The molecule has 4 rings (SSSR count). The lowest BCUT2D eigenvalue weighted by Crippen LogP contribution is -2.17. The van der Waals surface area contributed by atoms with Gasteiger partial charge in [-0.1, -0.05) is 59.1 Å². The second-order valence-electron chi connectivity index (χ2n) is 7.42. The number of H-pyrrole nitrogens is 1. The van der Waals surface area contributed by atoms with Crippen molar-refractivity contribution in [1.29, 1.82) is 0 Å². The van der Waals surface area contributed by atoms with E-state index >= 15 is 0 Å². The number of aromatic nitrogens is 1. The molecular formula is C25H23Cl3N2O2. The highest BCUT2D eigenvalue weighted by Crippen LogP contribution is 2.34. The first kappa shape index (κ1) is 22.8. The summed E-state index contributed by atoms with van der Waals surface area (Å²) in [6.45, 7) is 1.78. The fourth-order valence-electron chi connectivity index (χ4n) is 3.56. The van der Waals surface area contributed by atoms with Crippen LogP contribution in [-0.2, 0) is 19.6 Å². The Morgan fingerprint density at radius 3 is 2.53 bits per heavy atom. The van der Waals surface area contributed by atoms with Crippen molar-refractivity contribution < 1.29 is 9.47 Å². The Morgan fingerprint density at radius 2 is 1.72 bits per heavy atom. The normalized spacial score (nSPS) is 11.1. The van der Waals surface area contributed by atoms with Gasteiger partial charge in [0.1, 0.15) is 6.61 Å². The van der Waals surface area contributed by atoms with Gasteiger partial charge in [0.25, 0.3) is 0 Å². The first-order valence-electron chi connectivity index (χ1n) is 10.2. The molecule has 32 heavy (non-hydrogen) atoms. The monoisotopic (exact) mass is 488 g/mol. The summed E-state index contributed by atoms with van der Waals surface area (Å²) in [5.41, 5.74) is 4.31. The molecule has 166 valence electrons. The number of fused-ring (bicyclic) bond motifs is 1. The SMILES string of the molecule is COc1cc(CNCCc2c[nH]c3ccccc23)c(Cl)cc1OCc1ccc(Cl)c(Cl)c1. The molecule has 0 aliphatic carbocycles. The van der Waals surface area contributed by atoms with E-state index in [1.165, 1.54) is 10.9 Å². The molecule has 2 N–H and O–H groups in total. The highest BCUT2D eigenvalue weighted by atomic mass is 35.5. The third-order valence-electron chi connectivity index (χ3n) is 5.27. The van der Waals surface area contributed by atoms with Gasteiger partial charge in [-0.15, -0.1) is 0 Å². The number of aromatic amines is 1. The smallest absolute Gasteiger partial charge is 0.163 e. The van der Waals surface area contributed by atoms with E-state index in [4.69, 9.17) is 44.3 Å². The third kappa shape index (κ3) is 5.33. The predicted octanol–water partition coefficient (Wildman–Crippen LogP) is 7.05. The van der Waals surface area contributed by atoms with Crippen LogP contribution in [0, 0.1) is 0 Å². The second-order valence-corrected chi connectivity index (χ2v) is 8.64. The predicted molar refractivity (Wildman–Crippen MR) is 133 cm³/mol. The van der Waals surface area contributed by atoms with Crippen LogP contribution in [0.15, 0.2) is 60.8 Å². The van der Waals surface area contributed by atoms with E-state index in [1.54, 1.807) is 25.3 Å². The van der Waals surface area contributed by atoms with Crippen molar-refractivity contribution in [2.75, 3.05) is 13.7 Å². The molecule has 0 aliphatic heterocycles. The Labute approximate surface area is 202 Å². The van der Waals surface area contributed by atoms with Crippen LogP contribution in [0.2, 0.25) is 15.1 Å². The van der Waals surface area contributed by atoms with Crippen molar-refractivity contribution in [3.8, 4) is 11.5 Å². The first-order valence-corrected chi connectivity index (χ1v) is 11.4. The summed E-state index contributed by atoms with van der Waals surface area (Å²) in [6, 6.07) is 17.4. The van der Waals surface area contributed by atoms with Crippen LogP contribution in [-0.4, -0.2) is 18.6 Å². The van der Waals surface area contributed by atoms with E-state index < -0.39 is 0 Å². The highest BCUT2D eigenvalue weighted by molar-refractivity contribution is 6.42. The molecule has 7 heteroatoms. The van der Waals surface area contributed by atoms with Gasteiger partial charge in [0.2, 0.25) is 0 Å². The molecule has 1 heterocycles. The lowest BCUT2D eigenvalue weighted by atomic mass is 10.1. The van der Waals surface area contributed by atoms with Crippen LogP contribution >= 0.6 is 34.8 Å². The van der Waals surface area contributed by atoms with Crippen molar-refractivity contribution in [1.82, 2.24) is 10.3 Å². The minimum absolute atomic E-state index is 0.325. The van der Waals surface area contributed by atoms with Crippen LogP contribution < -0.4 is 14.8 Å². The van der Waals surface area contributed by atoms with Gasteiger partial charge in [-0.2, -0.15) is 0 Å². The lowest BCUT2D eigenvalue weighted by molar-refractivity contribution is 0.284. The van der Waals surface area contributed by atoms with Gasteiger partial charge in [-0.3, -0.25) is 0 Å². The van der Waals surface area contributed by atoms with Gasteiger partial charge >= 0.3 is 0 Å². The summed E-state index contributed by atoms with van der Waals surface area (Å²) < 4.78 is 11.4. The Hall–Kier alpha value is -2.37. The number of halogens is 3. The van der Waals surface area contributed by atoms with Gasteiger partial charge in [0, 0.05) is 34.7 Å². The van der Waals surface area contributed by atoms with Crippen LogP contribution in [0.25, 0.3) is 10.9 Å². The maximum absolute atomic E-state index is 6.52. The molecule has 4 nitrogen and oxygen atoms in total. The van der Waals surface area contributed by atoms with Gasteiger partial charge in [0.15, 0.2) is 11.5 Å². The number of rotatable bonds is 9. The van der Waals surface area contributed by atoms with E-state index in [0.717, 1.165) is 29.6 Å². The molecule has 0 amide bonds. The van der Waals surface area contributed by atoms with Crippen LogP contribution in [0.5, 0.6) is 11.5 Å². The molecule has 3 aromatic carbocycles. The number of hydrogen-bond acceptors (Lipinski definition) is 3. The first-order chi connectivity index (χ1) is 15.5. The zero-order valence-corrected chi connectivity index (χ0v) is 19.8. The summed E-state index contributed by atoms with van der Waals surface area (Å²) in [5, 5.41) is 6.35. The van der Waals surface area contributed by atoms with Crippen LogP contribution in [0.1, 0.15) is 16.7 Å². The van der Waals surface area contributed by atoms with Gasteiger partial charge < -0.3 is 19.8 Å². The lowest BCUT2D eigenvalue weighted by Gasteiger charge is -2.14. The zero-order valence-electron chi connectivity index (χ0n) is 17.6. The Morgan fingerprint density at radius 1 is 0.875 bits per heavy atom. The zero-order chi connectivity index (χ0) is 22.5. The fraction of sp³-hybridized carbons (Fsp3) is 0.200. The molecular weight excluding hydrogens is 467 g/mol. The standard InChI is InChI=1S/C25H23Cl3N2O2/c1-31-24-11-18(13-29-9-8-17-14-30-23-5-3-2-4-19(17)23)21(27)12-25(24)32-15-16-6-7-20(26)22(28)10-16/h2-7,10-12,14,29-30H,8-9,13,15H2,1H3. The molecule has 0 bridgehead atoms. The second kappa shape index (κ2) is 10.5. The van der Waals surface area contributed by atoms with E-state index in [2.05, 4.69) is 34.7 Å². The summed E-state index contributed by atoms with van der Waals surface area (Å²) >= 11 is 18.6. The number of benzene rings is 3. The summed E-state index contributed by atoms with van der Waals surface area (Å²) in [7, 11) is 1.61. The molecule has 0 aliphatic rings. The maximum Gasteiger partial charge on any atom is 0.163 e. The quantitative estimate of drug-likeness (QED) is 0.248. The third-order valence-corrected chi connectivity index (χ3v) is 6.36. The summed E-state index contributed by atoms with van der Waals surface area (Å²) in [5.74, 6) is 1.20. The van der Waals surface area contributed by atoms with Crippen LogP contribution in [0.3, 0.4) is 0 Å². The minimum atomic E-state index is 0.325. The van der Waals surface area contributed by atoms with Crippen molar-refractivity contribution in [2.45, 2.75) is 19.6 Å². The fourth-order valence-corrected chi connectivity index (χ4v) is 4.10. The molecule has 0 unspecified atom stereocenters. The molecule has 0 radical (unpaired) electrons. The minimum Gasteiger partial charge on any atom is -0.493 e. The van der Waals surface area contributed by atoms with Crippen molar-refractivity contribution in [2.24, 2.45) is 0 Å². The topological polar surface area (TPSA) is 46.3 Å². The number of nitrogens with one attached hydrogen (secondary N) is 2. The molecule has 0 saturated heterocycles. The van der Waals surface area contributed by atoms with E-state index in [1.807, 2.05) is 18.2 Å². The average Bonchev–Trinajstić information content (AvgIpc) is 3.21. The van der Waals surface area contributed by atoms with Gasteiger partial charge in [0.05, 0.1) is 17.2 Å². The number of hydrogen-bond donors (Lipinski definition) is 2. The van der Waals surface area contributed by atoms with Crippen molar-refractivity contribution in [3.63, 3.8) is 0 Å². The largest absolute Gasteiger partial charge is 0.493 e. The molecule has 0 atom stereocenters. The average molecular weight is 490 g/mol. The Bertz CT molecular complexity index is 1220. The van der Waals surface area contributed by atoms with Gasteiger partial charge in [-0.05, 0) is 53.9 Å². The van der Waals surface area contributed by atoms with E-state index in [9.17, 15) is 0 Å². The number of para-hydroxylation sites is 1. The Kier molecular flexibility index (Phi) is 7.48. The highest BCUT2D eigenvalue weighted by Gasteiger charge is 2.12. The summed E-state index contributed by atoms with van der Waals surface area (Å²) in [6.07, 6.45) is 2.99. The van der Waals surface area contributed by atoms with E-state index in [-0.39, 0.29) is 0 Å². The molecule has 0 saturated carbocycles. The molecule has 0 fully saturated rings. The molecule has 0 spiro atoms. The summed E-state index contributed by atoms with van der Waals surface area (Å²) in [4.78, 5) is 3.31. The van der Waals surface area contributed by atoms with Crippen molar-refractivity contribution >= 4 is 45.7 Å². The van der Waals surface area contributed by atoms with E-state index in [0.29, 0.717) is 39.7 Å². The van der Waals surface area contributed by atoms with Crippen molar-refractivity contribution in [3.05, 3.63) is 92.6 Å². The molecule has 4 aromatic rings.